The van der Waals surface area contributed by atoms with Crippen molar-refractivity contribution in [2.75, 3.05) is 20.3 Å². The Labute approximate surface area is 113 Å². The molecule has 0 heterocycles. The van der Waals surface area contributed by atoms with Crippen molar-refractivity contribution in [3.63, 3.8) is 0 Å². The van der Waals surface area contributed by atoms with Crippen molar-refractivity contribution in [1.82, 2.24) is 5.32 Å². The van der Waals surface area contributed by atoms with Crippen LogP contribution in [0.4, 0.5) is 4.39 Å². The Bertz CT molecular complexity index is 432. The highest BCUT2D eigenvalue weighted by atomic mass is 19.1. The molecule has 1 atom stereocenters. The minimum Gasteiger partial charge on any atom is -0.497 e. The summed E-state index contributed by atoms with van der Waals surface area (Å²) >= 11 is 0. The third-order valence-electron chi connectivity index (χ3n) is 4.06. The van der Waals surface area contributed by atoms with Gasteiger partial charge in [0, 0.05) is 30.8 Å². The Hall–Kier alpha value is -1.13. The molecule has 0 amide bonds. The maximum absolute atomic E-state index is 13.9. The number of benzene rings is 1. The van der Waals surface area contributed by atoms with Crippen molar-refractivity contribution in [3.05, 3.63) is 29.6 Å². The fraction of sp³-hybridized carbons (Fsp3) is 0.600. The first-order chi connectivity index (χ1) is 9.10. The molecule has 1 unspecified atom stereocenters. The molecule has 1 saturated carbocycles. The van der Waals surface area contributed by atoms with Gasteiger partial charge in [0.15, 0.2) is 0 Å². The summed E-state index contributed by atoms with van der Waals surface area (Å²) in [6.07, 6.45) is 3.13. The second-order valence-electron chi connectivity index (χ2n) is 5.46. The van der Waals surface area contributed by atoms with Gasteiger partial charge >= 0.3 is 0 Å². The molecule has 0 aromatic heterocycles. The van der Waals surface area contributed by atoms with E-state index in [1.165, 1.54) is 13.2 Å². The molecule has 0 saturated heterocycles. The normalized spacial score (nSPS) is 18.1. The van der Waals surface area contributed by atoms with E-state index in [0.717, 1.165) is 25.8 Å². The number of halogens is 1. The highest BCUT2D eigenvalue weighted by Crippen LogP contribution is 2.48. The zero-order valence-corrected chi connectivity index (χ0v) is 11.6. The lowest BCUT2D eigenvalue weighted by molar-refractivity contribution is 0.242. The first-order valence-electron chi connectivity index (χ1n) is 6.78. The minimum atomic E-state index is -0.244. The van der Waals surface area contributed by atoms with Crippen LogP contribution < -0.4 is 10.1 Å². The molecule has 0 spiro atoms. The maximum atomic E-state index is 13.9. The highest BCUT2D eigenvalue weighted by molar-refractivity contribution is 5.30. The summed E-state index contributed by atoms with van der Waals surface area (Å²) in [4.78, 5) is 0. The smallest absolute Gasteiger partial charge is 0.131 e. The minimum absolute atomic E-state index is 0.0397. The first-order valence-corrected chi connectivity index (χ1v) is 6.78. The van der Waals surface area contributed by atoms with Gasteiger partial charge in [-0.15, -0.1) is 0 Å². The molecule has 2 N–H and O–H groups in total. The SMILES string of the molecule is COc1ccc(C(C)NCC2(CCO)CC2)c(F)c1. The van der Waals surface area contributed by atoms with Crippen molar-refractivity contribution >= 4 is 0 Å². The molecule has 0 radical (unpaired) electrons. The summed E-state index contributed by atoms with van der Waals surface area (Å²) < 4.78 is 18.9. The Balaban J connectivity index is 1.94. The Kier molecular flexibility index (Phi) is 4.42. The van der Waals surface area contributed by atoms with Crippen LogP contribution in [0, 0.1) is 11.2 Å². The average molecular weight is 267 g/mol. The van der Waals surface area contributed by atoms with Gasteiger partial charge in [0.25, 0.3) is 0 Å². The van der Waals surface area contributed by atoms with E-state index in [9.17, 15) is 4.39 Å². The summed E-state index contributed by atoms with van der Waals surface area (Å²) in [5.41, 5.74) is 0.895. The maximum Gasteiger partial charge on any atom is 0.131 e. The molecule has 106 valence electrons. The van der Waals surface area contributed by atoms with E-state index in [1.807, 2.05) is 6.92 Å². The van der Waals surface area contributed by atoms with E-state index >= 15 is 0 Å². The molecule has 4 heteroatoms. The van der Waals surface area contributed by atoms with E-state index in [1.54, 1.807) is 12.1 Å². The number of rotatable bonds is 7. The zero-order valence-electron chi connectivity index (χ0n) is 11.6. The number of methoxy groups -OCH3 is 1. The number of ether oxygens (including phenoxy) is 1. The van der Waals surface area contributed by atoms with Crippen molar-refractivity contribution in [2.45, 2.75) is 32.2 Å². The predicted octanol–water partition coefficient (Wildman–Crippen LogP) is 2.65. The van der Waals surface area contributed by atoms with Gasteiger partial charge in [0.05, 0.1) is 7.11 Å². The van der Waals surface area contributed by atoms with Gasteiger partial charge in [-0.3, -0.25) is 0 Å². The molecule has 1 fully saturated rings. The zero-order chi connectivity index (χ0) is 13.9. The average Bonchev–Trinajstić information content (AvgIpc) is 3.16. The number of aliphatic hydroxyl groups is 1. The lowest BCUT2D eigenvalue weighted by atomic mass is 10.0. The van der Waals surface area contributed by atoms with Crippen molar-refractivity contribution in [2.24, 2.45) is 5.41 Å². The van der Waals surface area contributed by atoms with Gasteiger partial charge in [-0.2, -0.15) is 0 Å². The number of nitrogens with one attached hydrogen (secondary N) is 1. The fourth-order valence-electron chi connectivity index (χ4n) is 2.39. The molecule has 19 heavy (non-hydrogen) atoms. The second-order valence-corrected chi connectivity index (χ2v) is 5.46. The highest BCUT2D eigenvalue weighted by Gasteiger charge is 2.41. The Morgan fingerprint density at radius 2 is 2.21 bits per heavy atom. The summed E-state index contributed by atoms with van der Waals surface area (Å²) in [6, 6.07) is 4.91. The van der Waals surface area contributed by atoms with Gasteiger partial charge in [-0.1, -0.05) is 6.07 Å². The molecule has 1 aliphatic carbocycles. The van der Waals surface area contributed by atoms with E-state index in [4.69, 9.17) is 9.84 Å². The Morgan fingerprint density at radius 3 is 2.74 bits per heavy atom. The summed E-state index contributed by atoms with van der Waals surface area (Å²) in [6.45, 7) is 3.02. The van der Waals surface area contributed by atoms with Crippen LogP contribution in [-0.4, -0.2) is 25.4 Å². The van der Waals surface area contributed by atoms with Gasteiger partial charge in [0.1, 0.15) is 11.6 Å². The summed E-state index contributed by atoms with van der Waals surface area (Å²) in [5, 5.41) is 12.4. The fourth-order valence-corrected chi connectivity index (χ4v) is 2.39. The van der Waals surface area contributed by atoms with Crippen LogP contribution in [0.3, 0.4) is 0 Å². The molecular weight excluding hydrogens is 245 g/mol. The van der Waals surface area contributed by atoms with Crippen LogP contribution in [-0.2, 0) is 0 Å². The lowest BCUT2D eigenvalue weighted by Gasteiger charge is -2.20. The van der Waals surface area contributed by atoms with Crippen molar-refractivity contribution < 1.29 is 14.2 Å². The second kappa shape index (κ2) is 5.88. The topological polar surface area (TPSA) is 41.5 Å². The van der Waals surface area contributed by atoms with Crippen molar-refractivity contribution in [1.29, 1.82) is 0 Å². The van der Waals surface area contributed by atoms with Crippen LogP contribution in [0.5, 0.6) is 5.75 Å². The molecule has 0 bridgehead atoms. The lowest BCUT2D eigenvalue weighted by Crippen LogP contribution is -2.28. The van der Waals surface area contributed by atoms with Crippen LogP contribution >= 0.6 is 0 Å². The third kappa shape index (κ3) is 3.45. The van der Waals surface area contributed by atoms with Gasteiger partial charge < -0.3 is 15.2 Å². The van der Waals surface area contributed by atoms with E-state index < -0.39 is 0 Å². The molecule has 3 nitrogen and oxygen atoms in total. The standard InChI is InChI=1S/C15H22FNO2/c1-11(17-10-15(5-6-15)7-8-18)13-4-3-12(19-2)9-14(13)16/h3-4,9,11,17-18H,5-8,10H2,1-2H3. The largest absolute Gasteiger partial charge is 0.497 e. The van der Waals surface area contributed by atoms with E-state index in [-0.39, 0.29) is 23.9 Å². The van der Waals surface area contributed by atoms with Crippen LogP contribution in [0.1, 0.15) is 37.8 Å². The van der Waals surface area contributed by atoms with E-state index in [0.29, 0.717) is 11.3 Å². The number of hydrogen-bond acceptors (Lipinski definition) is 3. The summed E-state index contributed by atoms with van der Waals surface area (Å²) in [5.74, 6) is 0.291. The molecule has 1 aromatic carbocycles. The predicted molar refractivity (Wildman–Crippen MR) is 72.7 cm³/mol. The van der Waals surface area contributed by atoms with Crippen LogP contribution in [0.2, 0.25) is 0 Å². The molecule has 1 aliphatic rings. The Morgan fingerprint density at radius 1 is 1.47 bits per heavy atom. The monoisotopic (exact) mass is 267 g/mol. The van der Waals surface area contributed by atoms with Gasteiger partial charge in [-0.25, -0.2) is 4.39 Å². The van der Waals surface area contributed by atoms with Crippen LogP contribution in [0.15, 0.2) is 18.2 Å². The van der Waals surface area contributed by atoms with Gasteiger partial charge in [0.2, 0.25) is 0 Å². The quantitative estimate of drug-likeness (QED) is 0.798. The molecular formula is C15H22FNO2. The third-order valence-corrected chi connectivity index (χ3v) is 4.06. The number of hydrogen-bond donors (Lipinski definition) is 2. The number of aliphatic hydroxyl groups excluding tert-OH is 1. The first kappa shape index (κ1) is 14.3. The van der Waals surface area contributed by atoms with Gasteiger partial charge in [-0.05, 0) is 37.7 Å². The molecule has 0 aliphatic heterocycles. The van der Waals surface area contributed by atoms with Crippen LogP contribution in [0.25, 0.3) is 0 Å². The molecule has 2 rings (SSSR count). The van der Waals surface area contributed by atoms with Crippen molar-refractivity contribution in [3.8, 4) is 5.75 Å². The summed E-state index contributed by atoms with van der Waals surface area (Å²) in [7, 11) is 1.53. The molecule has 1 aromatic rings. The van der Waals surface area contributed by atoms with E-state index in [2.05, 4.69) is 5.32 Å².